The van der Waals surface area contributed by atoms with Gasteiger partial charge in [0, 0.05) is 33.3 Å². The second-order valence-electron chi connectivity index (χ2n) is 0. The number of hydrogen-bond acceptors (Lipinski definition) is 0. The van der Waals surface area contributed by atoms with Gasteiger partial charge in [-0.25, -0.2) is 0 Å². The van der Waals surface area contributed by atoms with Gasteiger partial charge in [-0.15, -0.1) is 0 Å². The molecule has 0 aromatic carbocycles. The van der Waals surface area contributed by atoms with Crippen LogP contribution in [-0.2, 0) is 33.3 Å². The van der Waals surface area contributed by atoms with Gasteiger partial charge in [0.25, 0.3) is 0 Å². The van der Waals surface area contributed by atoms with Crippen LogP contribution in [0.25, 0.3) is 0 Å². The van der Waals surface area contributed by atoms with Gasteiger partial charge in [-0.1, -0.05) is 0 Å². The van der Waals surface area contributed by atoms with E-state index < -0.39 is 0 Å². The Bertz CT molecular complexity index is 8.00. The molecule has 0 rings (SSSR count). The first kappa shape index (κ1) is 29.1. The molecule has 0 nitrogen and oxygen atoms in total. The molecule has 0 N–H and O–H groups in total. The summed E-state index contributed by atoms with van der Waals surface area (Å²) < 4.78 is 0. The SMILES string of the molecule is [BiH3].[Co].[Ni].[PbH2]. The molecule has 4 heavy (non-hydrogen) atoms. The summed E-state index contributed by atoms with van der Waals surface area (Å²) in [5.74, 6) is 0. The Labute approximate surface area is 85.3 Å². The summed E-state index contributed by atoms with van der Waals surface area (Å²) in [7, 11) is 0. The summed E-state index contributed by atoms with van der Waals surface area (Å²) in [6, 6.07) is 0. The normalized spacial score (nSPS) is 0. The van der Waals surface area contributed by atoms with Crippen LogP contribution in [0, 0.1) is 0 Å². The van der Waals surface area contributed by atoms with Crippen molar-refractivity contribution >= 4 is 53.5 Å². The molecule has 0 heterocycles. The van der Waals surface area contributed by atoms with Crippen molar-refractivity contribution in [3.63, 3.8) is 0 Å². The third-order valence-corrected chi connectivity index (χ3v) is 0. The van der Waals surface area contributed by atoms with Gasteiger partial charge in [0.1, 0.15) is 0 Å². The van der Waals surface area contributed by atoms with Gasteiger partial charge in [-0.05, 0) is 0 Å². The van der Waals surface area contributed by atoms with E-state index in [9.17, 15) is 0 Å². The molecule has 0 amide bonds. The standard InChI is InChI=1S/Bi.Co.Ni.Pb.5H. The third kappa shape index (κ3) is 8.84. The van der Waals surface area contributed by atoms with E-state index in [-0.39, 0.29) is 86.8 Å². The van der Waals surface area contributed by atoms with Crippen LogP contribution in [0.3, 0.4) is 0 Å². The van der Waals surface area contributed by atoms with Crippen LogP contribution in [0.2, 0.25) is 0 Å². The Morgan fingerprint density at radius 1 is 1.00 bits per heavy atom. The van der Waals surface area contributed by atoms with Gasteiger partial charge >= 0.3 is 53.5 Å². The molecule has 3 radical (unpaired) electrons. The van der Waals surface area contributed by atoms with Crippen LogP contribution in [0.4, 0.5) is 0 Å². The summed E-state index contributed by atoms with van der Waals surface area (Å²) in [5, 5.41) is 0. The average molecular weight is 539 g/mol. The monoisotopic (exact) mass is 539 g/mol. The molecule has 0 saturated carbocycles. The zero-order valence-electron chi connectivity index (χ0n) is 2.06. The first-order valence-electron chi connectivity index (χ1n) is 0. The molecule has 0 saturated heterocycles. The van der Waals surface area contributed by atoms with Gasteiger partial charge in [0.2, 0.25) is 0 Å². The van der Waals surface area contributed by atoms with E-state index in [1.165, 1.54) is 0 Å². The van der Waals surface area contributed by atoms with Crippen LogP contribution >= 0.6 is 0 Å². The first-order chi connectivity index (χ1) is 0. The van der Waals surface area contributed by atoms with Gasteiger partial charge in [-0.3, -0.25) is 0 Å². The summed E-state index contributed by atoms with van der Waals surface area (Å²) in [6.45, 7) is 0. The minimum absolute atomic E-state index is 0. The Balaban J connectivity index is 0. The van der Waals surface area contributed by atoms with Crippen molar-refractivity contribution in [2.24, 2.45) is 0 Å². The van der Waals surface area contributed by atoms with Crippen molar-refractivity contribution in [3.8, 4) is 0 Å². The van der Waals surface area contributed by atoms with E-state index in [1.807, 2.05) is 0 Å². The molecule has 0 aliphatic heterocycles. The quantitative estimate of drug-likeness (QED) is 0.310. The van der Waals surface area contributed by atoms with Crippen LogP contribution in [0.15, 0.2) is 0 Å². The first-order valence-corrected chi connectivity index (χ1v) is 0. The molecule has 0 atom stereocenters. The summed E-state index contributed by atoms with van der Waals surface area (Å²) in [6.07, 6.45) is 0. The Morgan fingerprint density at radius 3 is 1.00 bits per heavy atom. The second kappa shape index (κ2) is 17.0. The molecule has 0 aromatic rings. The molecule has 33 valence electrons. The predicted octanol–water partition coefficient (Wildman–Crippen LogP) is -2.11. The fourth-order valence-electron chi connectivity index (χ4n) is 0. The third-order valence-electron chi connectivity index (χ3n) is 0. The van der Waals surface area contributed by atoms with Crippen molar-refractivity contribution < 1.29 is 33.3 Å². The summed E-state index contributed by atoms with van der Waals surface area (Å²) in [4.78, 5) is 0. The molecule has 0 aromatic heterocycles. The van der Waals surface area contributed by atoms with Crippen LogP contribution in [-0.4, -0.2) is 53.5 Å². The van der Waals surface area contributed by atoms with E-state index in [4.69, 9.17) is 0 Å². The minimum atomic E-state index is 0. The molecule has 0 bridgehead atoms. The van der Waals surface area contributed by atoms with Gasteiger partial charge in [0.05, 0.1) is 0 Å². The molecule has 0 aliphatic carbocycles. The van der Waals surface area contributed by atoms with Crippen molar-refractivity contribution in [2.75, 3.05) is 0 Å². The molecular weight excluding hydrogens is 534 g/mol. The van der Waals surface area contributed by atoms with Crippen LogP contribution in [0.1, 0.15) is 0 Å². The summed E-state index contributed by atoms with van der Waals surface area (Å²) in [5.41, 5.74) is 0. The van der Waals surface area contributed by atoms with Crippen molar-refractivity contribution in [1.82, 2.24) is 0 Å². The van der Waals surface area contributed by atoms with Crippen LogP contribution < -0.4 is 0 Å². The molecule has 4 heteroatoms. The van der Waals surface area contributed by atoms with Gasteiger partial charge in [0.15, 0.2) is 0 Å². The maximum atomic E-state index is 0. The fraction of sp³-hybridized carbons (Fsp3) is 0. The zero-order valence-corrected chi connectivity index (χ0v) is 15.1. The molecule has 0 unspecified atom stereocenters. The molecular formula is H5BiCoNiPb. The van der Waals surface area contributed by atoms with Crippen LogP contribution in [0.5, 0.6) is 0 Å². The van der Waals surface area contributed by atoms with Gasteiger partial charge in [-0.2, -0.15) is 0 Å². The molecule has 0 fully saturated rings. The van der Waals surface area contributed by atoms with E-state index in [2.05, 4.69) is 0 Å². The van der Waals surface area contributed by atoms with E-state index in [0.717, 1.165) is 0 Å². The number of hydrogen-bond donors (Lipinski definition) is 0. The van der Waals surface area contributed by atoms with Crippen molar-refractivity contribution in [3.05, 3.63) is 0 Å². The fourth-order valence-corrected chi connectivity index (χ4v) is 0. The van der Waals surface area contributed by atoms with Gasteiger partial charge < -0.3 is 0 Å². The van der Waals surface area contributed by atoms with E-state index in [1.54, 1.807) is 0 Å². The van der Waals surface area contributed by atoms with Crippen molar-refractivity contribution in [1.29, 1.82) is 0 Å². The topological polar surface area (TPSA) is 0 Å². The van der Waals surface area contributed by atoms with E-state index in [0.29, 0.717) is 0 Å². The number of rotatable bonds is 0. The second-order valence-corrected chi connectivity index (χ2v) is 0. The Kier molecular flexibility index (Phi) is 124. The Morgan fingerprint density at radius 2 is 1.00 bits per heavy atom. The maximum absolute atomic E-state index is 0. The Hall–Kier alpha value is 2.81. The molecule has 0 aliphatic rings. The van der Waals surface area contributed by atoms with Crippen molar-refractivity contribution in [2.45, 2.75) is 0 Å². The zero-order chi connectivity index (χ0) is 0. The molecule has 0 spiro atoms. The van der Waals surface area contributed by atoms with E-state index >= 15 is 0 Å². The predicted molar refractivity (Wildman–Crippen MR) is 18.5 cm³/mol. The average Bonchev–Trinajstić information content (AvgIpc) is 0. The summed E-state index contributed by atoms with van der Waals surface area (Å²) >= 11 is 0.